The van der Waals surface area contributed by atoms with Crippen LogP contribution in [-0.2, 0) is 0 Å². The lowest BCUT2D eigenvalue weighted by Gasteiger charge is -2.10. The van der Waals surface area contributed by atoms with E-state index >= 15 is 0 Å². The second-order valence-corrected chi connectivity index (χ2v) is 4.74. The van der Waals surface area contributed by atoms with Crippen LogP contribution < -0.4 is 10.1 Å². The first kappa shape index (κ1) is 14.6. The Balaban J connectivity index is 1.77. The van der Waals surface area contributed by atoms with Gasteiger partial charge >= 0.3 is 6.36 Å². The lowest BCUT2D eigenvalue weighted by atomic mass is 10.1. The van der Waals surface area contributed by atoms with E-state index in [1.54, 1.807) is 0 Å². The van der Waals surface area contributed by atoms with Crippen LogP contribution in [0.1, 0.15) is 12.2 Å². The summed E-state index contributed by atoms with van der Waals surface area (Å²) in [6, 6.07) is 5.48. The molecule has 1 aliphatic rings. The zero-order chi connectivity index (χ0) is 15.6. The van der Waals surface area contributed by atoms with Crippen LogP contribution in [0.25, 0.3) is 11.3 Å². The molecule has 1 aromatic carbocycles. The molecule has 1 aromatic heterocycles. The highest BCUT2D eigenvalue weighted by atomic mass is 19.4. The van der Waals surface area contributed by atoms with Crippen LogP contribution in [0.15, 0.2) is 36.7 Å². The summed E-state index contributed by atoms with van der Waals surface area (Å²) in [5.74, 6) is 0.370. The molecule has 116 valence electrons. The minimum Gasteiger partial charge on any atom is -0.406 e. The minimum absolute atomic E-state index is 0.266. The van der Waals surface area contributed by atoms with Crippen molar-refractivity contribution >= 4 is 5.57 Å². The Morgan fingerprint density at radius 3 is 2.59 bits per heavy atom. The number of nitrogens with zero attached hydrogens (tertiary/aromatic N) is 3. The Bertz CT molecular complexity index is 676. The van der Waals surface area contributed by atoms with Crippen LogP contribution in [-0.4, -0.2) is 34.2 Å². The van der Waals surface area contributed by atoms with Gasteiger partial charge in [0.1, 0.15) is 12.1 Å². The number of alkyl halides is 3. The fourth-order valence-electron chi connectivity index (χ4n) is 2.16. The number of aromatic nitrogens is 3. The van der Waals surface area contributed by atoms with Crippen molar-refractivity contribution in [1.82, 2.24) is 20.1 Å². The summed E-state index contributed by atoms with van der Waals surface area (Å²) < 4.78 is 41.7. The molecule has 2 aromatic rings. The van der Waals surface area contributed by atoms with Crippen molar-refractivity contribution in [2.75, 3.05) is 13.1 Å². The number of nitrogens with one attached hydrogen (secondary N) is 1. The number of rotatable bonds is 3. The van der Waals surface area contributed by atoms with Crippen LogP contribution in [0.2, 0.25) is 0 Å². The summed E-state index contributed by atoms with van der Waals surface area (Å²) in [4.78, 5) is 4.24. The van der Waals surface area contributed by atoms with E-state index in [1.165, 1.54) is 35.3 Å². The Morgan fingerprint density at radius 1 is 1.18 bits per heavy atom. The van der Waals surface area contributed by atoms with Crippen molar-refractivity contribution in [3.05, 3.63) is 42.5 Å². The zero-order valence-electron chi connectivity index (χ0n) is 11.5. The molecule has 22 heavy (non-hydrogen) atoms. The summed E-state index contributed by atoms with van der Waals surface area (Å²) in [7, 11) is 0. The van der Waals surface area contributed by atoms with Crippen molar-refractivity contribution in [2.45, 2.75) is 12.8 Å². The lowest BCUT2D eigenvalue weighted by Crippen LogP contribution is -2.20. The Morgan fingerprint density at radius 2 is 1.95 bits per heavy atom. The van der Waals surface area contributed by atoms with Gasteiger partial charge < -0.3 is 10.1 Å². The maximum absolute atomic E-state index is 12.1. The number of benzene rings is 1. The first-order valence-electron chi connectivity index (χ1n) is 6.69. The topological polar surface area (TPSA) is 52.0 Å². The molecule has 0 saturated carbocycles. The van der Waals surface area contributed by atoms with E-state index in [9.17, 15) is 13.2 Å². The van der Waals surface area contributed by atoms with Crippen molar-refractivity contribution in [1.29, 1.82) is 0 Å². The van der Waals surface area contributed by atoms with E-state index in [2.05, 4.69) is 20.1 Å². The highest BCUT2D eigenvalue weighted by Crippen LogP contribution is 2.24. The molecule has 1 N–H and O–H groups in total. The molecule has 0 amide bonds. The van der Waals surface area contributed by atoms with Gasteiger partial charge in [0.15, 0.2) is 5.82 Å². The molecular weight excluding hydrogens is 297 g/mol. The molecule has 1 aliphatic heterocycles. The molecule has 0 saturated heterocycles. The quantitative estimate of drug-likeness (QED) is 0.946. The first-order valence-corrected chi connectivity index (χ1v) is 6.69. The Labute approximate surface area is 124 Å². The molecule has 0 aliphatic carbocycles. The monoisotopic (exact) mass is 310 g/mol. The maximum Gasteiger partial charge on any atom is 0.573 e. The van der Waals surface area contributed by atoms with Gasteiger partial charge in [0, 0.05) is 6.54 Å². The second kappa shape index (κ2) is 5.80. The maximum atomic E-state index is 12.1. The largest absolute Gasteiger partial charge is 0.573 e. The predicted molar refractivity (Wildman–Crippen MR) is 73.5 cm³/mol. The molecule has 0 fully saturated rings. The molecule has 0 atom stereocenters. The third kappa shape index (κ3) is 3.45. The van der Waals surface area contributed by atoms with Gasteiger partial charge in [-0.15, -0.1) is 18.3 Å². The average molecular weight is 310 g/mol. The van der Waals surface area contributed by atoms with E-state index in [0.717, 1.165) is 25.1 Å². The van der Waals surface area contributed by atoms with Crippen molar-refractivity contribution in [3.8, 4) is 11.4 Å². The summed E-state index contributed by atoms with van der Waals surface area (Å²) >= 11 is 0. The van der Waals surface area contributed by atoms with Crippen molar-refractivity contribution in [3.63, 3.8) is 0 Å². The fourth-order valence-corrected chi connectivity index (χ4v) is 2.16. The van der Waals surface area contributed by atoms with Gasteiger partial charge in [-0.2, -0.15) is 0 Å². The van der Waals surface area contributed by atoms with E-state index in [1.807, 2.05) is 6.08 Å². The molecule has 0 unspecified atom stereocenters. The third-order valence-electron chi connectivity index (χ3n) is 3.18. The van der Waals surface area contributed by atoms with E-state index in [-0.39, 0.29) is 5.75 Å². The van der Waals surface area contributed by atoms with Crippen LogP contribution in [0.4, 0.5) is 13.2 Å². The summed E-state index contributed by atoms with van der Waals surface area (Å²) in [5, 5.41) is 7.56. The zero-order valence-corrected chi connectivity index (χ0v) is 11.5. The van der Waals surface area contributed by atoms with Crippen LogP contribution in [0.3, 0.4) is 0 Å². The number of ether oxygens (including phenoxy) is 1. The average Bonchev–Trinajstić information content (AvgIpc) is 2.97. The van der Waals surface area contributed by atoms with Gasteiger partial charge in [-0.05, 0) is 42.8 Å². The number of hydrogen-bond acceptors (Lipinski definition) is 4. The predicted octanol–water partition coefficient (Wildman–Crippen LogP) is 2.54. The number of halogens is 3. The summed E-state index contributed by atoms with van der Waals surface area (Å²) in [6.07, 6.45) is -0.271. The molecule has 8 heteroatoms. The van der Waals surface area contributed by atoms with Gasteiger partial charge in [0.25, 0.3) is 0 Å². The molecule has 3 rings (SSSR count). The molecule has 2 heterocycles. The van der Waals surface area contributed by atoms with Crippen molar-refractivity contribution in [2.24, 2.45) is 0 Å². The fraction of sp³-hybridized carbons (Fsp3) is 0.286. The Kier molecular flexibility index (Phi) is 3.84. The van der Waals surface area contributed by atoms with Gasteiger partial charge in [0.2, 0.25) is 0 Å². The van der Waals surface area contributed by atoms with Crippen LogP contribution >= 0.6 is 0 Å². The summed E-state index contributed by atoms with van der Waals surface area (Å²) in [6.45, 7) is 1.66. The van der Waals surface area contributed by atoms with E-state index < -0.39 is 6.36 Å². The smallest absolute Gasteiger partial charge is 0.406 e. The van der Waals surface area contributed by atoms with Crippen LogP contribution in [0, 0.1) is 0 Å². The van der Waals surface area contributed by atoms with Crippen LogP contribution in [0.5, 0.6) is 5.75 Å². The highest BCUT2D eigenvalue weighted by Gasteiger charge is 2.30. The highest BCUT2D eigenvalue weighted by molar-refractivity contribution is 5.60. The van der Waals surface area contributed by atoms with E-state index in [0.29, 0.717) is 11.5 Å². The molecule has 0 spiro atoms. The molecule has 5 nitrogen and oxygen atoms in total. The SMILES string of the molecule is FC(F)(F)Oc1ccc(-n2cnc(C3=CCNCC3)n2)cc1. The van der Waals surface area contributed by atoms with Gasteiger partial charge in [-0.3, -0.25) is 0 Å². The Hall–Kier alpha value is -2.35. The van der Waals surface area contributed by atoms with Gasteiger partial charge in [0.05, 0.1) is 5.69 Å². The van der Waals surface area contributed by atoms with E-state index in [4.69, 9.17) is 0 Å². The first-order chi connectivity index (χ1) is 10.5. The summed E-state index contributed by atoms with van der Waals surface area (Å²) in [5.41, 5.74) is 1.68. The standard InChI is InChI=1S/C14H13F3N4O/c15-14(16,17)22-12-3-1-11(2-4-12)21-9-19-13(20-21)10-5-7-18-8-6-10/h1-5,9,18H,6-8H2. The number of hydrogen-bond donors (Lipinski definition) is 1. The molecular formula is C14H13F3N4O. The molecule has 0 bridgehead atoms. The lowest BCUT2D eigenvalue weighted by molar-refractivity contribution is -0.274. The molecule has 0 radical (unpaired) electrons. The third-order valence-corrected chi connectivity index (χ3v) is 3.18. The second-order valence-electron chi connectivity index (χ2n) is 4.74. The minimum atomic E-state index is -4.69. The van der Waals surface area contributed by atoms with Gasteiger partial charge in [-0.25, -0.2) is 9.67 Å². The van der Waals surface area contributed by atoms with Crippen molar-refractivity contribution < 1.29 is 17.9 Å². The normalized spacial score (nSPS) is 15.5. The van der Waals surface area contributed by atoms with Gasteiger partial charge in [-0.1, -0.05) is 6.08 Å².